The Hall–Kier alpha value is -1.39. The number of aliphatic hydroxyl groups excluding tert-OH is 1. The number of esters is 1. The predicted molar refractivity (Wildman–Crippen MR) is 151 cm³/mol. The Labute approximate surface area is 243 Å². The van der Waals surface area contributed by atoms with Gasteiger partial charge in [0.2, 0.25) is 5.12 Å². The molecule has 41 heavy (non-hydrogen) atoms. The smallest absolute Gasteiger partial charge is 0.325 e. The van der Waals surface area contributed by atoms with E-state index in [1.165, 1.54) is 19.1 Å². The Morgan fingerprint density at radius 2 is 1.85 bits per heavy atom. The zero-order valence-corrected chi connectivity index (χ0v) is 25.7. The van der Waals surface area contributed by atoms with E-state index in [-0.39, 0.29) is 49.0 Å². The van der Waals surface area contributed by atoms with Gasteiger partial charge in [0.15, 0.2) is 17.1 Å². The standard InChI is InChI=1S/C29H41F2O8PS/c1-5-41-25(35)29(39-24(34)9-7-6-8-12-40(36,37)38)17(2)13-19-20-15-22(30)21-14-18(32)10-11-26(21,3)28(20,31)23(33)16-27(19,29)4/h10-11,14,17,19-20,22-23,33H,5-9,12-13,15-16H2,1-4H3,(H2,36,37,38)/t17-,19+,20+,22+,23+,26+,27+,28+,29+/m1/s1. The summed E-state index contributed by atoms with van der Waals surface area (Å²) in [5.74, 6) is -2.80. The number of alkyl halides is 2. The number of carbonyl (C=O) groups is 3. The van der Waals surface area contributed by atoms with Crippen molar-refractivity contribution in [1.29, 1.82) is 0 Å². The number of hydrogen-bond donors (Lipinski definition) is 3. The van der Waals surface area contributed by atoms with Crippen molar-refractivity contribution in [2.45, 2.75) is 96.2 Å². The maximum absolute atomic E-state index is 17.5. The highest BCUT2D eigenvalue weighted by Crippen LogP contribution is 2.72. The van der Waals surface area contributed by atoms with E-state index in [4.69, 9.17) is 14.5 Å². The number of rotatable bonds is 9. The Morgan fingerprint density at radius 1 is 1.17 bits per heavy atom. The second kappa shape index (κ2) is 11.3. The van der Waals surface area contributed by atoms with Crippen LogP contribution in [-0.2, 0) is 23.7 Å². The first kappa shape index (κ1) is 32.5. The number of hydrogen-bond acceptors (Lipinski definition) is 7. The predicted octanol–water partition coefficient (Wildman–Crippen LogP) is 4.85. The van der Waals surface area contributed by atoms with Crippen LogP contribution in [0.2, 0.25) is 0 Å². The van der Waals surface area contributed by atoms with E-state index in [1.54, 1.807) is 20.8 Å². The van der Waals surface area contributed by atoms with Crippen molar-refractivity contribution in [3.05, 3.63) is 23.8 Å². The fourth-order valence-corrected chi connectivity index (χ4v) is 10.0. The fraction of sp³-hybridized carbons (Fsp3) is 0.759. The minimum absolute atomic E-state index is 0.0199. The molecule has 9 atom stereocenters. The van der Waals surface area contributed by atoms with E-state index in [0.29, 0.717) is 18.6 Å². The van der Waals surface area contributed by atoms with Crippen LogP contribution >= 0.6 is 19.4 Å². The number of allylic oxidation sites excluding steroid dienone is 4. The number of ketones is 1. The van der Waals surface area contributed by atoms with Gasteiger partial charge in [0.05, 0.1) is 6.10 Å². The number of halogens is 2. The van der Waals surface area contributed by atoms with Crippen LogP contribution in [0.5, 0.6) is 0 Å². The molecule has 4 aliphatic rings. The van der Waals surface area contributed by atoms with Crippen molar-refractivity contribution in [3.8, 4) is 0 Å². The van der Waals surface area contributed by atoms with E-state index in [1.807, 2.05) is 0 Å². The van der Waals surface area contributed by atoms with Gasteiger partial charge in [-0.2, -0.15) is 0 Å². The first-order valence-electron chi connectivity index (χ1n) is 14.4. The summed E-state index contributed by atoms with van der Waals surface area (Å²) >= 11 is 1.00. The van der Waals surface area contributed by atoms with Crippen LogP contribution in [0.1, 0.15) is 72.6 Å². The molecule has 3 N–H and O–H groups in total. The second-order valence-electron chi connectivity index (χ2n) is 12.6. The molecular formula is C29H41F2O8PS. The van der Waals surface area contributed by atoms with Crippen molar-refractivity contribution in [2.24, 2.45) is 28.6 Å². The highest BCUT2D eigenvalue weighted by Gasteiger charge is 2.78. The fourth-order valence-electron chi connectivity index (χ4n) is 8.45. The molecule has 0 saturated heterocycles. The third kappa shape index (κ3) is 5.11. The number of unbranched alkanes of at least 4 members (excludes halogenated alkanes) is 2. The summed E-state index contributed by atoms with van der Waals surface area (Å²) in [6.07, 6.45) is 0.874. The summed E-state index contributed by atoms with van der Waals surface area (Å²) in [6.45, 7) is 6.83. The SMILES string of the molecule is CCSC(=O)[C@@]1(OC(=O)CCCCCP(=O)(O)O)[C@H](C)C[C@H]2[C@@H]3C[C@H](F)C4=CC(=O)C=C[C@]4(C)[C@@]3(F)[C@@H](O)C[C@@]21C. The van der Waals surface area contributed by atoms with Crippen LogP contribution in [0.3, 0.4) is 0 Å². The number of ether oxygens (including phenoxy) is 1. The Bertz CT molecular complexity index is 1200. The van der Waals surface area contributed by atoms with Crippen LogP contribution in [0.4, 0.5) is 8.78 Å². The molecule has 4 rings (SSSR count). The van der Waals surface area contributed by atoms with Crippen molar-refractivity contribution in [1.82, 2.24) is 0 Å². The summed E-state index contributed by atoms with van der Waals surface area (Å²) in [5.41, 5.74) is -6.70. The quantitative estimate of drug-likeness (QED) is 0.188. The first-order chi connectivity index (χ1) is 19.0. The first-order valence-corrected chi connectivity index (χ1v) is 17.2. The van der Waals surface area contributed by atoms with Gasteiger partial charge in [-0.25, -0.2) is 8.78 Å². The van der Waals surface area contributed by atoms with Crippen LogP contribution in [0.25, 0.3) is 0 Å². The van der Waals surface area contributed by atoms with Gasteiger partial charge in [-0.05, 0) is 68.4 Å². The van der Waals surface area contributed by atoms with E-state index >= 15 is 8.78 Å². The number of aliphatic hydroxyl groups is 1. The molecule has 12 heteroatoms. The van der Waals surface area contributed by atoms with Crippen molar-refractivity contribution in [3.63, 3.8) is 0 Å². The Morgan fingerprint density at radius 3 is 2.49 bits per heavy atom. The summed E-state index contributed by atoms with van der Waals surface area (Å²) in [6, 6.07) is 0. The third-order valence-corrected chi connectivity index (χ3v) is 12.1. The van der Waals surface area contributed by atoms with Gasteiger partial charge >= 0.3 is 13.6 Å². The lowest BCUT2D eigenvalue weighted by Crippen LogP contribution is -2.70. The number of thioether (sulfide) groups is 1. The molecule has 0 spiro atoms. The average molecular weight is 619 g/mol. The molecule has 230 valence electrons. The van der Waals surface area contributed by atoms with Crippen LogP contribution in [-0.4, -0.2) is 67.2 Å². The molecule has 0 heterocycles. The second-order valence-corrected chi connectivity index (χ2v) is 15.6. The van der Waals surface area contributed by atoms with Crippen LogP contribution < -0.4 is 0 Å². The van der Waals surface area contributed by atoms with Crippen LogP contribution in [0, 0.1) is 28.6 Å². The van der Waals surface area contributed by atoms with Gasteiger partial charge in [-0.3, -0.25) is 18.9 Å². The lowest BCUT2D eigenvalue weighted by Gasteiger charge is -2.63. The minimum Gasteiger partial charge on any atom is -0.449 e. The molecule has 0 aliphatic heterocycles. The van der Waals surface area contributed by atoms with E-state index in [0.717, 1.165) is 17.8 Å². The minimum atomic E-state index is -4.13. The Balaban J connectivity index is 1.67. The highest BCUT2D eigenvalue weighted by atomic mass is 32.2. The molecule has 3 saturated carbocycles. The molecule has 0 amide bonds. The lowest BCUT2D eigenvalue weighted by atomic mass is 9.44. The monoisotopic (exact) mass is 618 g/mol. The van der Waals surface area contributed by atoms with Crippen molar-refractivity contribution >= 4 is 36.2 Å². The highest BCUT2D eigenvalue weighted by molar-refractivity contribution is 8.13. The summed E-state index contributed by atoms with van der Waals surface area (Å²) in [4.78, 5) is 57.3. The number of fused-ring (bicyclic) bond motifs is 5. The normalized spacial score (nSPS) is 41.7. The summed E-state index contributed by atoms with van der Waals surface area (Å²) < 4.78 is 50.4. The topological polar surface area (TPSA) is 138 Å². The third-order valence-electron chi connectivity index (χ3n) is 10.4. The molecule has 0 bridgehead atoms. The zero-order valence-electron chi connectivity index (χ0n) is 24.0. The van der Waals surface area contributed by atoms with Gasteiger partial charge in [0.1, 0.15) is 6.17 Å². The van der Waals surface area contributed by atoms with E-state index in [2.05, 4.69) is 0 Å². The van der Waals surface area contributed by atoms with Crippen molar-refractivity contribution < 1.29 is 47.4 Å². The van der Waals surface area contributed by atoms with E-state index < -0.39 is 71.5 Å². The van der Waals surface area contributed by atoms with Gasteiger partial charge in [-0.15, -0.1) is 0 Å². The molecule has 0 aromatic carbocycles. The van der Waals surface area contributed by atoms with Gasteiger partial charge in [-0.1, -0.05) is 45.0 Å². The van der Waals surface area contributed by atoms with Crippen molar-refractivity contribution in [2.75, 3.05) is 11.9 Å². The summed E-state index contributed by atoms with van der Waals surface area (Å²) in [5, 5.41) is 11.2. The molecule has 0 aromatic rings. The largest absolute Gasteiger partial charge is 0.449 e. The zero-order chi connectivity index (χ0) is 30.6. The molecule has 0 aromatic heterocycles. The summed E-state index contributed by atoms with van der Waals surface area (Å²) in [7, 11) is -4.13. The molecular weight excluding hydrogens is 577 g/mol. The van der Waals surface area contributed by atoms with Gasteiger partial charge in [0.25, 0.3) is 0 Å². The maximum Gasteiger partial charge on any atom is 0.325 e. The Kier molecular flexibility index (Phi) is 8.94. The molecule has 3 fully saturated rings. The van der Waals surface area contributed by atoms with E-state index in [9.17, 15) is 24.1 Å². The average Bonchev–Trinajstić information content (AvgIpc) is 3.08. The van der Waals surface area contributed by atoms with Gasteiger partial charge < -0.3 is 19.6 Å². The molecule has 0 unspecified atom stereocenters. The number of carbonyl (C=O) groups excluding carboxylic acids is 3. The van der Waals surface area contributed by atoms with Gasteiger partial charge in [0, 0.05) is 35.2 Å². The molecule has 4 aliphatic carbocycles. The lowest BCUT2D eigenvalue weighted by molar-refractivity contribution is -0.228. The maximum atomic E-state index is 17.5. The molecule has 8 nitrogen and oxygen atoms in total. The van der Waals surface area contributed by atoms with Crippen LogP contribution in [0.15, 0.2) is 23.8 Å². The molecule has 0 radical (unpaired) electrons.